The van der Waals surface area contributed by atoms with Crippen molar-refractivity contribution in [3.05, 3.63) is 12.3 Å². The highest BCUT2D eigenvalue weighted by atomic mass is 16.5. The molecule has 0 aromatic rings. The minimum atomic E-state index is -0.222. The van der Waals surface area contributed by atoms with Crippen molar-refractivity contribution in [2.45, 2.75) is 32.3 Å². The van der Waals surface area contributed by atoms with E-state index in [2.05, 4.69) is 4.74 Å². The molecule has 0 spiro atoms. The van der Waals surface area contributed by atoms with Crippen LogP contribution in [0.2, 0.25) is 0 Å². The normalized spacial score (nSPS) is 22.0. The smallest absolute Gasteiger partial charge is 0.305 e. The molecule has 1 aliphatic heterocycles. The van der Waals surface area contributed by atoms with E-state index in [4.69, 9.17) is 4.74 Å². The van der Waals surface area contributed by atoms with Gasteiger partial charge in [0.05, 0.1) is 13.4 Å². The fourth-order valence-corrected chi connectivity index (χ4v) is 1.61. The second-order valence-corrected chi connectivity index (χ2v) is 3.85. The van der Waals surface area contributed by atoms with Gasteiger partial charge in [-0.2, -0.15) is 0 Å². The molecule has 0 bridgehead atoms. The van der Waals surface area contributed by atoms with Gasteiger partial charge in [0.1, 0.15) is 6.10 Å². The molecule has 1 heterocycles. The molecule has 0 N–H and O–H groups in total. The van der Waals surface area contributed by atoms with Crippen LogP contribution < -0.4 is 0 Å². The molecule has 4 heteroatoms. The van der Waals surface area contributed by atoms with E-state index < -0.39 is 0 Å². The third-order valence-corrected chi connectivity index (χ3v) is 2.36. The standard InChI is InChI=1S/C11H16O4/c1-8(6-11(13)14-2)5-10-7-9(12)3-4-15-10/h3-4,8,10H,5-7H2,1-2H3/t8-,10-/m1/s1. The number of carbonyl (C=O) groups excluding carboxylic acids is 2. The van der Waals surface area contributed by atoms with Crippen molar-refractivity contribution in [3.63, 3.8) is 0 Å². The Balaban J connectivity index is 2.31. The summed E-state index contributed by atoms with van der Waals surface area (Å²) in [4.78, 5) is 22.1. The van der Waals surface area contributed by atoms with E-state index in [1.54, 1.807) is 0 Å². The predicted octanol–water partition coefficient (Wildman–Crippen LogP) is 1.45. The first-order valence-corrected chi connectivity index (χ1v) is 5.03. The summed E-state index contributed by atoms with van der Waals surface area (Å²) in [7, 11) is 1.37. The van der Waals surface area contributed by atoms with Crippen molar-refractivity contribution < 1.29 is 19.1 Å². The topological polar surface area (TPSA) is 52.6 Å². The van der Waals surface area contributed by atoms with Gasteiger partial charge in [-0.3, -0.25) is 9.59 Å². The zero-order valence-electron chi connectivity index (χ0n) is 9.06. The average Bonchev–Trinajstić information content (AvgIpc) is 2.17. The number of ether oxygens (including phenoxy) is 2. The summed E-state index contributed by atoms with van der Waals surface area (Å²) in [5.74, 6) is 0.0263. The molecule has 0 saturated heterocycles. The number of esters is 1. The Morgan fingerprint density at radius 1 is 1.73 bits per heavy atom. The van der Waals surface area contributed by atoms with Gasteiger partial charge in [0.2, 0.25) is 0 Å². The SMILES string of the molecule is COC(=O)C[C@H](C)C[C@@H]1CC(=O)C=CO1. The molecule has 0 unspecified atom stereocenters. The van der Waals surface area contributed by atoms with Crippen LogP contribution >= 0.6 is 0 Å². The summed E-state index contributed by atoms with van der Waals surface area (Å²) in [6, 6.07) is 0. The van der Waals surface area contributed by atoms with Gasteiger partial charge in [0, 0.05) is 18.9 Å². The number of carbonyl (C=O) groups is 2. The first-order valence-electron chi connectivity index (χ1n) is 5.03. The van der Waals surface area contributed by atoms with Crippen molar-refractivity contribution in [2.24, 2.45) is 5.92 Å². The minimum Gasteiger partial charge on any atom is -0.497 e. The summed E-state index contributed by atoms with van der Waals surface area (Å²) in [6.07, 6.45) is 4.24. The Labute approximate surface area is 89.2 Å². The highest BCUT2D eigenvalue weighted by Gasteiger charge is 2.20. The summed E-state index contributed by atoms with van der Waals surface area (Å²) < 4.78 is 9.85. The van der Waals surface area contributed by atoms with Crippen LogP contribution in [0.15, 0.2) is 12.3 Å². The lowest BCUT2D eigenvalue weighted by atomic mass is 9.96. The summed E-state index contributed by atoms with van der Waals surface area (Å²) in [6.45, 7) is 1.95. The van der Waals surface area contributed by atoms with Gasteiger partial charge < -0.3 is 9.47 Å². The van der Waals surface area contributed by atoms with E-state index in [1.165, 1.54) is 19.4 Å². The average molecular weight is 212 g/mol. The summed E-state index contributed by atoms with van der Waals surface area (Å²) in [5.41, 5.74) is 0. The highest BCUT2D eigenvalue weighted by molar-refractivity contribution is 5.90. The number of ketones is 1. The van der Waals surface area contributed by atoms with E-state index in [1.807, 2.05) is 6.92 Å². The molecule has 0 aromatic carbocycles. The summed E-state index contributed by atoms with van der Waals surface area (Å²) in [5, 5.41) is 0. The summed E-state index contributed by atoms with van der Waals surface area (Å²) >= 11 is 0. The number of hydrogen-bond acceptors (Lipinski definition) is 4. The molecule has 84 valence electrons. The number of rotatable bonds is 4. The van der Waals surface area contributed by atoms with Crippen LogP contribution in [0.4, 0.5) is 0 Å². The Morgan fingerprint density at radius 3 is 3.07 bits per heavy atom. The molecule has 1 aliphatic rings. The maximum Gasteiger partial charge on any atom is 0.305 e. The van der Waals surface area contributed by atoms with Crippen LogP contribution in [-0.2, 0) is 19.1 Å². The van der Waals surface area contributed by atoms with Gasteiger partial charge in [0.15, 0.2) is 5.78 Å². The largest absolute Gasteiger partial charge is 0.497 e. The Kier molecular flexibility index (Phi) is 4.34. The minimum absolute atomic E-state index is 0.0801. The molecular weight excluding hydrogens is 196 g/mol. The van der Waals surface area contributed by atoms with Crippen LogP contribution in [0.5, 0.6) is 0 Å². The molecule has 0 fully saturated rings. The van der Waals surface area contributed by atoms with Crippen LogP contribution in [0.1, 0.15) is 26.2 Å². The van der Waals surface area contributed by atoms with Gasteiger partial charge in [0.25, 0.3) is 0 Å². The highest BCUT2D eigenvalue weighted by Crippen LogP contribution is 2.19. The Hall–Kier alpha value is -1.32. The number of allylic oxidation sites excluding steroid dienone is 1. The van der Waals surface area contributed by atoms with Gasteiger partial charge in [-0.1, -0.05) is 6.92 Å². The fraction of sp³-hybridized carbons (Fsp3) is 0.636. The zero-order chi connectivity index (χ0) is 11.3. The third kappa shape index (κ3) is 4.14. The van der Waals surface area contributed by atoms with Crippen molar-refractivity contribution >= 4 is 11.8 Å². The van der Waals surface area contributed by atoms with Crippen molar-refractivity contribution in [3.8, 4) is 0 Å². The second-order valence-electron chi connectivity index (χ2n) is 3.85. The number of hydrogen-bond donors (Lipinski definition) is 0. The zero-order valence-corrected chi connectivity index (χ0v) is 9.06. The van der Waals surface area contributed by atoms with Gasteiger partial charge in [-0.05, 0) is 12.3 Å². The lowest BCUT2D eigenvalue weighted by Gasteiger charge is -2.21. The van der Waals surface area contributed by atoms with E-state index >= 15 is 0 Å². The van der Waals surface area contributed by atoms with Crippen LogP contribution in [0, 0.1) is 5.92 Å². The molecule has 2 atom stereocenters. The second kappa shape index (κ2) is 5.53. The Morgan fingerprint density at radius 2 is 2.47 bits per heavy atom. The van der Waals surface area contributed by atoms with Gasteiger partial charge >= 0.3 is 5.97 Å². The van der Waals surface area contributed by atoms with Crippen LogP contribution in [-0.4, -0.2) is 25.0 Å². The van der Waals surface area contributed by atoms with E-state index in [0.29, 0.717) is 19.3 Å². The first-order chi connectivity index (χ1) is 7.11. The molecule has 0 radical (unpaired) electrons. The van der Waals surface area contributed by atoms with Crippen LogP contribution in [0.3, 0.4) is 0 Å². The predicted molar refractivity (Wildman–Crippen MR) is 54.1 cm³/mol. The van der Waals surface area contributed by atoms with E-state index in [0.717, 1.165) is 0 Å². The molecular formula is C11H16O4. The van der Waals surface area contributed by atoms with Crippen molar-refractivity contribution in [2.75, 3.05) is 7.11 Å². The maximum atomic E-state index is 11.1. The third-order valence-electron chi connectivity index (χ3n) is 2.36. The van der Waals surface area contributed by atoms with E-state index in [-0.39, 0.29) is 23.8 Å². The van der Waals surface area contributed by atoms with Crippen molar-refractivity contribution in [1.29, 1.82) is 0 Å². The molecule has 0 amide bonds. The molecule has 0 aromatic heterocycles. The molecule has 0 saturated carbocycles. The Bertz CT molecular complexity index is 270. The first kappa shape index (κ1) is 11.8. The monoisotopic (exact) mass is 212 g/mol. The fourth-order valence-electron chi connectivity index (χ4n) is 1.61. The number of methoxy groups -OCH3 is 1. The lowest BCUT2D eigenvalue weighted by Crippen LogP contribution is -2.22. The quantitative estimate of drug-likeness (QED) is 0.662. The molecule has 4 nitrogen and oxygen atoms in total. The van der Waals surface area contributed by atoms with Crippen LogP contribution in [0.25, 0.3) is 0 Å². The molecule has 1 rings (SSSR count). The molecule has 0 aliphatic carbocycles. The lowest BCUT2D eigenvalue weighted by molar-refractivity contribution is -0.141. The van der Waals surface area contributed by atoms with Crippen molar-refractivity contribution in [1.82, 2.24) is 0 Å². The van der Waals surface area contributed by atoms with Gasteiger partial charge in [-0.25, -0.2) is 0 Å². The molecule has 15 heavy (non-hydrogen) atoms. The van der Waals surface area contributed by atoms with Gasteiger partial charge in [-0.15, -0.1) is 0 Å². The maximum absolute atomic E-state index is 11.1. The van der Waals surface area contributed by atoms with E-state index in [9.17, 15) is 9.59 Å².